The molecule has 2 fully saturated rings. The van der Waals surface area contributed by atoms with Gasteiger partial charge in [0.2, 0.25) is 0 Å². The molecule has 0 spiro atoms. The average Bonchev–Trinajstić information content (AvgIpc) is 2.29. The Hall–Kier alpha value is -0.130. The van der Waals surface area contributed by atoms with Crippen molar-refractivity contribution in [2.24, 2.45) is 5.73 Å². The predicted octanol–water partition coefficient (Wildman–Crippen LogP) is 1.63. The van der Waals surface area contributed by atoms with Crippen LogP contribution in [0.2, 0.25) is 0 Å². The van der Waals surface area contributed by atoms with E-state index in [4.69, 9.17) is 10.5 Å². The largest absolute Gasteiger partial charge is 0.381 e. The highest BCUT2D eigenvalue weighted by molar-refractivity contribution is 7.92. The smallest absolute Gasteiger partial charge is 0.157 e. The lowest BCUT2D eigenvalue weighted by molar-refractivity contribution is 0.0787. The van der Waals surface area contributed by atoms with E-state index in [2.05, 4.69) is 0 Å². The molecule has 0 atom stereocenters. The summed E-state index contributed by atoms with van der Waals surface area (Å²) in [7, 11) is -3.15. The molecule has 0 unspecified atom stereocenters. The van der Waals surface area contributed by atoms with E-state index in [1.54, 1.807) is 0 Å². The Kier molecular flexibility index (Phi) is 4.04. The Morgan fingerprint density at radius 1 is 1.06 bits per heavy atom. The number of nitrogens with two attached hydrogens (primary N) is 1. The topological polar surface area (TPSA) is 69.4 Å². The second kappa shape index (κ2) is 5.10. The molecule has 0 aromatic carbocycles. The van der Waals surface area contributed by atoms with Gasteiger partial charge in [-0.05, 0) is 32.6 Å². The molecule has 1 saturated heterocycles. The number of ether oxygens (including phenoxy) is 1. The average molecular weight is 275 g/mol. The molecule has 0 aromatic heterocycles. The summed E-state index contributed by atoms with van der Waals surface area (Å²) in [6.07, 6.45) is 6.20. The molecule has 2 aliphatic rings. The third kappa shape index (κ3) is 2.89. The van der Waals surface area contributed by atoms with Crippen LogP contribution in [0.4, 0.5) is 0 Å². The molecular weight excluding hydrogens is 250 g/mol. The lowest BCUT2D eigenvalue weighted by Gasteiger charge is -2.39. The van der Waals surface area contributed by atoms with Crippen molar-refractivity contribution >= 4 is 9.84 Å². The quantitative estimate of drug-likeness (QED) is 0.850. The zero-order chi connectivity index (χ0) is 13.3. The first-order valence-electron chi connectivity index (χ1n) is 6.96. The molecule has 2 rings (SSSR count). The molecule has 106 valence electrons. The van der Waals surface area contributed by atoms with E-state index >= 15 is 0 Å². The van der Waals surface area contributed by atoms with Gasteiger partial charge in [0.25, 0.3) is 0 Å². The number of hydrogen-bond donors (Lipinski definition) is 1. The molecule has 0 aromatic rings. The molecule has 18 heavy (non-hydrogen) atoms. The van der Waals surface area contributed by atoms with Gasteiger partial charge in [-0.1, -0.05) is 19.3 Å². The van der Waals surface area contributed by atoms with E-state index in [1.165, 1.54) is 6.42 Å². The molecule has 1 aliphatic heterocycles. The van der Waals surface area contributed by atoms with Crippen LogP contribution in [-0.4, -0.2) is 37.7 Å². The molecule has 5 heteroatoms. The van der Waals surface area contributed by atoms with Crippen molar-refractivity contribution < 1.29 is 13.2 Å². The van der Waals surface area contributed by atoms with Gasteiger partial charge in [0, 0.05) is 18.8 Å². The van der Waals surface area contributed by atoms with Crippen molar-refractivity contribution in [2.75, 3.05) is 19.0 Å². The Morgan fingerprint density at radius 2 is 1.61 bits per heavy atom. The van der Waals surface area contributed by atoms with Crippen LogP contribution >= 0.6 is 0 Å². The third-order valence-corrected chi connectivity index (χ3v) is 7.49. The van der Waals surface area contributed by atoms with Crippen LogP contribution in [-0.2, 0) is 14.6 Å². The summed E-state index contributed by atoms with van der Waals surface area (Å²) in [5, 5.41) is 0. The second-order valence-electron chi connectivity index (χ2n) is 6.24. The highest BCUT2D eigenvalue weighted by Crippen LogP contribution is 2.35. The van der Waals surface area contributed by atoms with E-state index in [-0.39, 0.29) is 5.75 Å². The van der Waals surface area contributed by atoms with Gasteiger partial charge in [-0.2, -0.15) is 0 Å². The van der Waals surface area contributed by atoms with E-state index in [1.807, 2.05) is 6.92 Å². The Morgan fingerprint density at radius 3 is 2.17 bits per heavy atom. The monoisotopic (exact) mass is 275 g/mol. The summed E-state index contributed by atoms with van der Waals surface area (Å²) in [5.41, 5.74) is 5.81. The van der Waals surface area contributed by atoms with Crippen LogP contribution in [0, 0.1) is 0 Å². The first-order valence-corrected chi connectivity index (χ1v) is 8.61. The number of rotatable bonds is 3. The normalized spacial score (nSPS) is 27.9. The maximum atomic E-state index is 12.6. The molecule has 0 radical (unpaired) electrons. The number of sulfone groups is 1. The molecule has 4 nitrogen and oxygen atoms in total. The minimum Gasteiger partial charge on any atom is -0.381 e. The fourth-order valence-corrected chi connectivity index (χ4v) is 5.25. The van der Waals surface area contributed by atoms with Crippen LogP contribution in [0.25, 0.3) is 0 Å². The van der Waals surface area contributed by atoms with Crippen molar-refractivity contribution in [1.82, 2.24) is 0 Å². The Labute approximate surface area is 110 Å². The zero-order valence-corrected chi connectivity index (χ0v) is 12.1. The van der Waals surface area contributed by atoms with Crippen molar-refractivity contribution in [3.63, 3.8) is 0 Å². The van der Waals surface area contributed by atoms with Crippen LogP contribution < -0.4 is 5.73 Å². The van der Waals surface area contributed by atoms with Gasteiger partial charge in [0.05, 0.1) is 10.5 Å². The van der Waals surface area contributed by atoms with Crippen molar-refractivity contribution in [3.8, 4) is 0 Å². The van der Waals surface area contributed by atoms with Crippen LogP contribution in [0.15, 0.2) is 0 Å². The van der Waals surface area contributed by atoms with Gasteiger partial charge < -0.3 is 10.5 Å². The summed E-state index contributed by atoms with van der Waals surface area (Å²) >= 11 is 0. The van der Waals surface area contributed by atoms with Crippen molar-refractivity contribution in [2.45, 2.75) is 62.2 Å². The van der Waals surface area contributed by atoms with Crippen LogP contribution in [0.3, 0.4) is 0 Å². The fraction of sp³-hybridized carbons (Fsp3) is 1.00. The van der Waals surface area contributed by atoms with Gasteiger partial charge in [-0.3, -0.25) is 0 Å². The van der Waals surface area contributed by atoms with E-state index in [9.17, 15) is 8.42 Å². The van der Waals surface area contributed by atoms with Crippen LogP contribution in [0.1, 0.15) is 51.9 Å². The molecular formula is C13H25NO3S. The van der Waals surface area contributed by atoms with Gasteiger partial charge >= 0.3 is 0 Å². The van der Waals surface area contributed by atoms with E-state index in [0.717, 1.165) is 25.7 Å². The van der Waals surface area contributed by atoms with Gasteiger partial charge in [-0.15, -0.1) is 0 Å². The molecule has 1 saturated carbocycles. The maximum Gasteiger partial charge on any atom is 0.157 e. The van der Waals surface area contributed by atoms with Gasteiger partial charge in [0.15, 0.2) is 9.84 Å². The second-order valence-corrected chi connectivity index (χ2v) is 8.75. The SMILES string of the molecule is CC1(S(=O)(=O)CC2(N)CCCCC2)CCOCC1. The molecule has 0 amide bonds. The molecule has 2 N–H and O–H groups in total. The molecule has 1 heterocycles. The molecule has 1 aliphatic carbocycles. The highest BCUT2D eigenvalue weighted by atomic mass is 32.2. The van der Waals surface area contributed by atoms with E-state index in [0.29, 0.717) is 26.1 Å². The third-order valence-electron chi connectivity index (χ3n) is 4.63. The van der Waals surface area contributed by atoms with Crippen LogP contribution in [0.5, 0.6) is 0 Å². The summed E-state index contributed by atoms with van der Waals surface area (Å²) < 4.78 is 29.9. The zero-order valence-electron chi connectivity index (χ0n) is 11.3. The van der Waals surface area contributed by atoms with Crippen molar-refractivity contribution in [3.05, 3.63) is 0 Å². The standard InChI is InChI=1S/C13H25NO3S/c1-12(7-9-17-10-8-12)18(15,16)11-13(14)5-3-2-4-6-13/h2-11,14H2,1H3. The summed E-state index contributed by atoms with van der Waals surface area (Å²) in [4.78, 5) is 0. The Balaban J connectivity index is 2.10. The summed E-state index contributed by atoms with van der Waals surface area (Å²) in [6, 6.07) is 0. The first-order chi connectivity index (χ1) is 8.37. The summed E-state index contributed by atoms with van der Waals surface area (Å²) in [5.74, 6) is 0.149. The molecule has 0 bridgehead atoms. The van der Waals surface area contributed by atoms with Gasteiger partial charge in [-0.25, -0.2) is 8.42 Å². The number of hydrogen-bond acceptors (Lipinski definition) is 4. The minimum absolute atomic E-state index is 0.149. The first kappa shape index (κ1) is 14.3. The fourth-order valence-electron chi connectivity index (χ4n) is 3.07. The minimum atomic E-state index is -3.15. The van der Waals surface area contributed by atoms with E-state index < -0.39 is 20.1 Å². The Bertz CT molecular complexity index is 379. The van der Waals surface area contributed by atoms with Gasteiger partial charge in [0.1, 0.15) is 0 Å². The highest BCUT2D eigenvalue weighted by Gasteiger charge is 2.44. The lowest BCUT2D eigenvalue weighted by Crippen LogP contribution is -2.53. The maximum absolute atomic E-state index is 12.6. The lowest BCUT2D eigenvalue weighted by atomic mass is 9.84. The van der Waals surface area contributed by atoms with Crippen molar-refractivity contribution in [1.29, 1.82) is 0 Å². The predicted molar refractivity (Wildman–Crippen MR) is 72.2 cm³/mol. The summed E-state index contributed by atoms with van der Waals surface area (Å²) in [6.45, 7) is 2.96.